The number of halogens is 4. The summed E-state index contributed by atoms with van der Waals surface area (Å²) in [6.45, 7) is 0. The molecule has 0 spiro atoms. The van der Waals surface area contributed by atoms with Crippen molar-refractivity contribution >= 4 is 36.6 Å². The Morgan fingerprint density at radius 3 is 1.64 bits per heavy atom. The standard InChI is InChI=1S/C2F3IO3S.CH4/c3-2(4,1(6)7)10(5,8)9;/h;1H4. The van der Waals surface area contributed by atoms with Gasteiger partial charge in [-0.2, -0.15) is 17.2 Å². The van der Waals surface area contributed by atoms with E-state index in [9.17, 15) is 25.9 Å². The van der Waals surface area contributed by atoms with Crippen molar-refractivity contribution in [3.8, 4) is 0 Å². The highest BCUT2D eigenvalue weighted by molar-refractivity contribution is 14.1. The van der Waals surface area contributed by atoms with Gasteiger partial charge >= 0.3 is 15.5 Å². The summed E-state index contributed by atoms with van der Waals surface area (Å²) in [5, 5.41) is -4.91. The third-order valence-electron chi connectivity index (χ3n) is 0.535. The summed E-state index contributed by atoms with van der Waals surface area (Å²) in [7, 11) is -6.09. The lowest BCUT2D eigenvalue weighted by molar-refractivity contribution is -0.122. The van der Waals surface area contributed by atoms with Gasteiger partial charge in [0, 0.05) is 22.6 Å². The minimum Gasteiger partial charge on any atom is -0.280 e. The van der Waals surface area contributed by atoms with Crippen molar-refractivity contribution in [2.24, 2.45) is 0 Å². The summed E-state index contributed by atoms with van der Waals surface area (Å²) in [5.74, 6) is 0. The monoisotopic (exact) mass is 304 g/mol. The maximum absolute atomic E-state index is 11.7. The van der Waals surface area contributed by atoms with Gasteiger partial charge in [-0.05, 0) is 0 Å². The molecule has 0 rings (SSSR count). The maximum atomic E-state index is 11.7. The highest BCUT2D eigenvalue weighted by Crippen LogP contribution is 2.26. The van der Waals surface area contributed by atoms with Crippen LogP contribution in [-0.4, -0.2) is 17.5 Å². The molecule has 0 atom stereocenters. The van der Waals surface area contributed by atoms with Crippen molar-refractivity contribution in [1.82, 2.24) is 0 Å². The zero-order valence-corrected chi connectivity index (χ0v) is 7.12. The highest BCUT2D eigenvalue weighted by atomic mass is 127. The van der Waals surface area contributed by atoms with Gasteiger partial charge in [0.25, 0.3) is 3.79 Å². The van der Waals surface area contributed by atoms with E-state index < -0.39 is 19.3 Å². The normalized spacial score (nSPS) is 12.0. The predicted molar refractivity (Wildman–Crippen MR) is 40.7 cm³/mol. The molecule has 0 amide bonds. The summed E-state index contributed by atoms with van der Waals surface area (Å²) < 4.78 is 51.7. The molecule has 0 unspecified atom stereocenters. The molecule has 0 bridgehead atoms. The topological polar surface area (TPSA) is 51.2 Å². The van der Waals surface area contributed by atoms with Crippen molar-refractivity contribution in [1.29, 1.82) is 0 Å². The van der Waals surface area contributed by atoms with E-state index in [1.165, 1.54) is 0 Å². The Labute approximate surface area is 75.3 Å². The van der Waals surface area contributed by atoms with Gasteiger partial charge in [-0.15, -0.1) is 0 Å². The predicted octanol–water partition coefficient (Wildman–Crippen LogP) is 1.48. The largest absolute Gasteiger partial charge is 0.440 e. The van der Waals surface area contributed by atoms with Crippen LogP contribution in [0.2, 0.25) is 0 Å². The Kier molecular flexibility index (Phi) is 4.61. The quantitative estimate of drug-likeness (QED) is 0.573. The Morgan fingerprint density at radius 2 is 1.64 bits per heavy atom. The molecule has 11 heavy (non-hydrogen) atoms. The zero-order valence-electron chi connectivity index (χ0n) is 4.14. The molecular weight excluding hydrogens is 300 g/mol. The molecule has 0 aromatic heterocycles. The summed E-state index contributed by atoms with van der Waals surface area (Å²) >= 11 is 0.502. The molecule has 0 fully saturated rings. The Hall–Kier alpha value is 0.140. The third kappa shape index (κ3) is 2.93. The number of carbonyl (C=O) groups excluding carboxylic acids is 1. The number of hydrogen-bond acceptors (Lipinski definition) is 3. The summed E-state index contributed by atoms with van der Waals surface area (Å²) in [4.78, 5) is 9.73. The van der Waals surface area contributed by atoms with Crippen LogP contribution >= 0.6 is 22.6 Å². The van der Waals surface area contributed by atoms with Gasteiger partial charge in [0.1, 0.15) is 0 Å². The van der Waals surface area contributed by atoms with Gasteiger partial charge in [0.05, 0.1) is 0 Å². The maximum Gasteiger partial charge on any atom is 0.440 e. The molecule has 0 aliphatic heterocycles. The van der Waals surface area contributed by atoms with Crippen molar-refractivity contribution in [2.75, 3.05) is 0 Å². The fraction of sp³-hybridized carbons (Fsp3) is 0.667. The van der Waals surface area contributed by atoms with Crippen LogP contribution in [-0.2, 0) is 15.0 Å². The molecule has 0 saturated carbocycles. The van der Waals surface area contributed by atoms with E-state index in [4.69, 9.17) is 0 Å². The van der Waals surface area contributed by atoms with Crippen LogP contribution in [0.3, 0.4) is 0 Å². The van der Waals surface area contributed by atoms with Gasteiger partial charge in [-0.3, -0.25) is 4.79 Å². The van der Waals surface area contributed by atoms with E-state index in [0.29, 0.717) is 22.6 Å². The van der Waals surface area contributed by atoms with Gasteiger partial charge in [0.15, 0.2) is 0 Å². The Morgan fingerprint density at radius 1 is 1.36 bits per heavy atom. The molecule has 0 aromatic carbocycles. The Bertz CT molecular complexity index is 247. The van der Waals surface area contributed by atoms with Crippen LogP contribution in [0.4, 0.5) is 12.7 Å². The molecular formula is C3H4F3IO3S. The first kappa shape index (κ1) is 13.7. The number of hydrogen-bond donors (Lipinski definition) is 0. The van der Waals surface area contributed by atoms with Crippen molar-refractivity contribution < 1.29 is 25.9 Å². The molecule has 0 heterocycles. The first-order chi connectivity index (χ1) is 4.19. The smallest absolute Gasteiger partial charge is 0.280 e. The average Bonchev–Trinajstić information content (AvgIpc) is 1.62. The minimum atomic E-state index is -6.09. The molecule has 0 N–H and O–H groups in total. The van der Waals surface area contributed by atoms with Crippen molar-refractivity contribution in [2.45, 2.75) is 12.7 Å². The molecule has 0 saturated heterocycles. The van der Waals surface area contributed by atoms with Crippen molar-refractivity contribution in [3.63, 3.8) is 0 Å². The lowest BCUT2D eigenvalue weighted by atomic mass is 10.8. The summed E-state index contributed by atoms with van der Waals surface area (Å²) in [6.07, 6.45) is 0. The first-order valence-electron chi connectivity index (χ1n) is 1.71. The highest BCUT2D eigenvalue weighted by Gasteiger charge is 2.52. The fourth-order valence-corrected chi connectivity index (χ4v) is 1.08. The van der Waals surface area contributed by atoms with Gasteiger partial charge in [0.2, 0.25) is 0 Å². The van der Waals surface area contributed by atoms with E-state index in [1.54, 1.807) is 0 Å². The van der Waals surface area contributed by atoms with E-state index in [-0.39, 0.29) is 7.43 Å². The average molecular weight is 304 g/mol. The summed E-state index contributed by atoms with van der Waals surface area (Å²) in [5.41, 5.74) is 0. The molecule has 8 heteroatoms. The third-order valence-corrected chi connectivity index (χ3v) is 2.38. The van der Waals surface area contributed by atoms with E-state index >= 15 is 0 Å². The minimum absolute atomic E-state index is 0. The number of carbonyl (C=O) groups is 1. The zero-order chi connectivity index (χ0) is 8.58. The second-order valence-corrected chi connectivity index (χ2v) is 3.60. The fourth-order valence-electron chi connectivity index (χ4n) is 0.0958. The Balaban J connectivity index is 0. The molecule has 0 aliphatic carbocycles. The van der Waals surface area contributed by atoms with Gasteiger partial charge < -0.3 is 0 Å². The first-order valence-corrected chi connectivity index (χ1v) is 4.18. The van der Waals surface area contributed by atoms with Crippen LogP contribution in [0.1, 0.15) is 7.43 Å². The van der Waals surface area contributed by atoms with E-state index in [2.05, 4.69) is 0 Å². The van der Waals surface area contributed by atoms with Crippen LogP contribution < -0.4 is 0 Å². The van der Waals surface area contributed by atoms with Crippen LogP contribution in [0, 0.1) is 0 Å². The number of rotatable bonds is 2. The lowest BCUT2D eigenvalue weighted by Crippen LogP contribution is -2.31. The summed E-state index contributed by atoms with van der Waals surface area (Å²) in [6, 6.07) is 0. The van der Waals surface area contributed by atoms with E-state index in [0.717, 1.165) is 0 Å². The van der Waals surface area contributed by atoms with Gasteiger partial charge in [-0.1, -0.05) is 11.3 Å². The molecule has 3 nitrogen and oxygen atoms in total. The lowest BCUT2D eigenvalue weighted by Gasteiger charge is -2.03. The molecule has 0 aliphatic rings. The van der Waals surface area contributed by atoms with Crippen LogP contribution in [0.5, 0.6) is 0 Å². The van der Waals surface area contributed by atoms with Crippen LogP contribution in [0.15, 0.2) is 0 Å². The number of alkyl halides is 2. The van der Waals surface area contributed by atoms with Gasteiger partial charge in [-0.25, -0.2) is 0 Å². The second kappa shape index (κ2) is 3.70. The second-order valence-electron chi connectivity index (χ2n) is 1.23. The molecule has 68 valence electrons. The van der Waals surface area contributed by atoms with Crippen LogP contribution in [0.25, 0.3) is 0 Å². The molecule has 0 aromatic rings. The SMILES string of the molecule is C.O=C(I)C(F)(F)S(=O)(=O)F. The van der Waals surface area contributed by atoms with Crippen molar-refractivity contribution in [3.05, 3.63) is 0 Å². The van der Waals surface area contributed by atoms with E-state index in [1.807, 2.05) is 0 Å². The molecule has 0 radical (unpaired) electrons.